The van der Waals surface area contributed by atoms with Gasteiger partial charge in [0, 0.05) is 59.8 Å². The van der Waals surface area contributed by atoms with Crippen LogP contribution in [0.3, 0.4) is 0 Å². The van der Waals surface area contributed by atoms with Gasteiger partial charge in [-0.1, -0.05) is 30.3 Å². The first-order valence-electron chi connectivity index (χ1n) is 17.0. The zero-order valence-electron chi connectivity index (χ0n) is 29.0. The molecule has 1 saturated heterocycles. The molecule has 252 valence electrons. The van der Waals surface area contributed by atoms with Crippen LogP contribution >= 0.6 is 0 Å². The van der Waals surface area contributed by atoms with E-state index in [4.69, 9.17) is 9.72 Å². The molecule has 1 N–H and O–H groups in total. The molecule has 50 heavy (non-hydrogen) atoms. The third-order valence-corrected chi connectivity index (χ3v) is 9.40. The molecule has 0 bridgehead atoms. The molecule has 4 aromatic heterocycles. The number of pyridine rings is 4. The van der Waals surface area contributed by atoms with Gasteiger partial charge in [0.25, 0.3) is 0 Å². The molecule has 9 nitrogen and oxygen atoms in total. The smallest absolute Gasteiger partial charge is 0.410 e. The van der Waals surface area contributed by atoms with Gasteiger partial charge in [0.15, 0.2) is 12.1 Å². The molecule has 1 aliphatic heterocycles. The van der Waals surface area contributed by atoms with E-state index in [-0.39, 0.29) is 12.1 Å². The second-order valence-corrected chi connectivity index (χ2v) is 13.9. The van der Waals surface area contributed by atoms with E-state index < -0.39 is 5.60 Å². The summed E-state index contributed by atoms with van der Waals surface area (Å²) in [4.78, 5) is 44.8. The van der Waals surface area contributed by atoms with Gasteiger partial charge in [-0.2, -0.15) is 0 Å². The number of aldehydes is 1. The second-order valence-electron chi connectivity index (χ2n) is 13.9. The van der Waals surface area contributed by atoms with Crippen molar-refractivity contribution >= 4 is 45.7 Å². The highest BCUT2D eigenvalue weighted by Gasteiger charge is 2.33. The van der Waals surface area contributed by atoms with Gasteiger partial charge in [-0.15, -0.1) is 0 Å². The number of nitrogens with one attached hydrogen (secondary N) is 1. The second kappa shape index (κ2) is 13.3. The number of carbonyl (C=O) groups is 2. The van der Waals surface area contributed by atoms with Crippen molar-refractivity contribution < 1.29 is 14.3 Å². The van der Waals surface area contributed by atoms with Crippen LogP contribution < -0.4 is 5.32 Å². The van der Waals surface area contributed by atoms with Gasteiger partial charge in [0.2, 0.25) is 0 Å². The number of hydrogen-bond acceptors (Lipinski definition) is 8. The maximum atomic E-state index is 13.0. The highest BCUT2D eigenvalue weighted by atomic mass is 16.6. The van der Waals surface area contributed by atoms with Gasteiger partial charge >= 0.3 is 6.09 Å². The summed E-state index contributed by atoms with van der Waals surface area (Å²) in [6.45, 7) is 10.6. The summed E-state index contributed by atoms with van der Waals surface area (Å²) < 4.78 is 5.69. The van der Waals surface area contributed by atoms with Crippen molar-refractivity contribution in [3.05, 3.63) is 119 Å². The molecule has 7 rings (SSSR count). The fraction of sp³-hybridized carbons (Fsp3) is 0.268. The van der Waals surface area contributed by atoms with E-state index in [2.05, 4.69) is 76.6 Å². The molecule has 1 amide bonds. The van der Waals surface area contributed by atoms with E-state index in [9.17, 15) is 9.59 Å². The predicted octanol–water partition coefficient (Wildman–Crippen LogP) is 9.08. The lowest BCUT2D eigenvalue weighted by Crippen LogP contribution is -2.36. The van der Waals surface area contributed by atoms with E-state index in [0.717, 1.165) is 80.1 Å². The molecule has 2 aromatic carbocycles. The summed E-state index contributed by atoms with van der Waals surface area (Å²) in [6.07, 6.45) is 9.96. The number of benzene rings is 2. The number of carbonyl (C=O) groups excluding carboxylic acids is 2. The van der Waals surface area contributed by atoms with E-state index in [0.29, 0.717) is 24.3 Å². The molecule has 5 heterocycles. The van der Waals surface area contributed by atoms with Crippen LogP contribution in [-0.4, -0.2) is 49.4 Å². The van der Waals surface area contributed by atoms with Crippen LogP contribution in [0.2, 0.25) is 0 Å². The summed E-state index contributed by atoms with van der Waals surface area (Å²) in [6, 6.07) is 20.4. The molecule has 0 saturated carbocycles. The van der Waals surface area contributed by atoms with Gasteiger partial charge in [0.05, 0.1) is 17.3 Å². The van der Waals surface area contributed by atoms with Crippen LogP contribution in [0.15, 0.2) is 85.5 Å². The molecule has 0 spiro atoms. The minimum atomic E-state index is -0.550. The number of likely N-dealkylation sites (tertiary alicyclic amines) is 1. The SMILES string of the molecule is Cc1c(Cc2nccc3cc(C=O)cnc23)cccc1-c1cccc(Nc2nccc3cc(C4CCCN4C(=O)OC(C)(C)C)cnc23)c1C. The van der Waals surface area contributed by atoms with Crippen molar-refractivity contribution in [1.82, 2.24) is 24.8 Å². The molecule has 9 heteroatoms. The van der Waals surface area contributed by atoms with Crippen molar-refractivity contribution in [3.8, 4) is 11.1 Å². The molecule has 1 atom stereocenters. The number of rotatable bonds is 7. The zero-order valence-corrected chi connectivity index (χ0v) is 29.0. The Morgan fingerprint density at radius 1 is 0.900 bits per heavy atom. The summed E-state index contributed by atoms with van der Waals surface area (Å²) in [5, 5.41) is 5.42. The third kappa shape index (κ3) is 6.51. The summed E-state index contributed by atoms with van der Waals surface area (Å²) in [5.41, 5.74) is 10.0. The number of nitrogens with zero attached hydrogens (tertiary/aromatic N) is 5. The molecular weight excluding hydrogens is 624 g/mol. The first kappa shape index (κ1) is 32.8. The van der Waals surface area contributed by atoms with Crippen LogP contribution in [0.4, 0.5) is 16.3 Å². The standard InChI is InChI=1S/C41H40N6O3/c1-25-28(21-35-37-29(14-16-42-35)19-27(24-48)22-44-37)9-6-10-32(25)33-11-7-12-34(26(33)2)46-39-38-30(15-17-43-39)20-31(23-45-38)36-13-8-18-47(36)40(49)50-41(3,4)5/h6-7,9-12,14-17,19-20,22-24,36H,8,13,18,21H2,1-5H3,(H,43,46). The van der Waals surface area contributed by atoms with E-state index >= 15 is 0 Å². The highest BCUT2D eigenvalue weighted by Crippen LogP contribution is 2.37. The fourth-order valence-electron chi connectivity index (χ4n) is 6.87. The van der Waals surface area contributed by atoms with Gasteiger partial charge in [-0.05, 0) is 111 Å². The van der Waals surface area contributed by atoms with Gasteiger partial charge in [-0.25, -0.2) is 9.78 Å². The summed E-state index contributed by atoms with van der Waals surface area (Å²) in [7, 11) is 0. The third-order valence-electron chi connectivity index (χ3n) is 9.40. The van der Waals surface area contributed by atoms with Crippen molar-refractivity contribution in [2.45, 2.75) is 65.5 Å². The maximum Gasteiger partial charge on any atom is 0.410 e. The van der Waals surface area contributed by atoms with Crippen LogP contribution in [0.5, 0.6) is 0 Å². The summed E-state index contributed by atoms with van der Waals surface area (Å²) >= 11 is 0. The first-order chi connectivity index (χ1) is 24.1. The number of amides is 1. The lowest BCUT2D eigenvalue weighted by atomic mass is 9.91. The number of fused-ring (bicyclic) bond motifs is 2. The first-order valence-corrected chi connectivity index (χ1v) is 17.0. The molecule has 0 radical (unpaired) electrons. The Hall–Kier alpha value is -5.70. The van der Waals surface area contributed by atoms with E-state index in [1.54, 1.807) is 18.6 Å². The quantitative estimate of drug-likeness (QED) is 0.168. The average molecular weight is 665 g/mol. The number of aromatic nitrogens is 4. The lowest BCUT2D eigenvalue weighted by molar-refractivity contribution is 0.0224. The molecule has 1 aliphatic rings. The predicted molar refractivity (Wildman–Crippen MR) is 197 cm³/mol. The number of hydrogen-bond donors (Lipinski definition) is 1. The highest BCUT2D eigenvalue weighted by molar-refractivity contribution is 5.91. The Morgan fingerprint density at radius 2 is 1.62 bits per heavy atom. The molecule has 6 aromatic rings. The van der Waals surface area contributed by atoms with Gasteiger partial charge in [-0.3, -0.25) is 19.7 Å². The Morgan fingerprint density at radius 3 is 2.40 bits per heavy atom. The molecular formula is C41H40N6O3. The molecule has 1 fully saturated rings. The van der Waals surface area contributed by atoms with Crippen LogP contribution in [0, 0.1) is 13.8 Å². The van der Waals surface area contributed by atoms with Crippen molar-refractivity contribution in [1.29, 1.82) is 0 Å². The van der Waals surface area contributed by atoms with Crippen molar-refractivity contribution in [2.75, 3.05) is 11.9 Å². The topological polar surface area (TPSA) is 110 Å². The zero-order chi connectivity index (χ0) is 35.0. The van der Waals surface area contributed by atoms with Gasteiger partial charge in [0.1, 0.15) is 11.1 Å². The van der Waals surface area contributed by atoms with Crippen molar-refractivity contribution in [3.63, 3.8) is 0 Å². The summed E-state index contributed by atoms with van der Waals surface area (Å²) in [5.74, 6) is 0.669. The van der Waals surface area contributed by atoms with Crippen LogP contribution in [0.1, 0.15) is 78.0 Å². The fourth-order valence-corrected chi connectivity index (χ4v) is 6.87. The van der Waals surface area contributed by atoms with E-state index in [1.807, 2.05) is 50.1 Å². The Kier molecular flexibility index (Phi) is 8.74. The van der Waals surface area contributed by atoms with Gasteiger partial charge < -0.3 is 15.0 Å². The minimum Gasteiger partial charge on any atom is -0.444 e. The minimum absolute atomic E-state index is 0.0766. The number of ether oxygens (including phenoxy) is 1. The normalized spacial score (nSPS) is 14.7. The largest absolute Gasteiger partial charge is 0.444 e. The Balaban J connectivity index is 1.16. The van der Waals surface area contributed by atoms with E-state index in [1.165, 1.54) is 5.56 Å². The molecule has 1 unspecified atom stereocenters. The molecule has 0 aliphatic carbocycles. The van der Waals surface area contributed by atoms with Crippen LogP contribution in [0.25, 0.3) is 32.9 Å². The Bertz CT molecular complexity index is 2260. The lowest BCUT2D eigenvalue weighted by Gasteiger charge is -2.28. The average Bonchev–Trinajstić information content (AvgIpc) is 3.60. The maximum absolute atomic E-state index is 13.0. The Labute approximate surface area is 291 Å². The monoisotopic (exact) mass is 664 g/mol. The number of anilines is 2. The van der Waals surface area contributed by atoms with Crippen LogP contribution in [-0.2, 0) is 11.2 Å². The van der Waals surface area contributed by atoms with Crippen molar-refractivity contribution in [2.24, 2.45) is 0 Å².